The van der Waals surface area contributed by atoms with E-state index in [0.717, 1.165) is 10.6 Å². The van der Waals surface area contributed by atoms with Crippen molar-refractivity contribution in [1.82, 2.24) is 9.59 Å². The lowest BCUT2D eigenvalue weighted by atomic mass is 9.90. The molecule has 0 aliphatic rings. The molecule has 1 aromatic rings. The Hall–Kier alpha value is -0.770. The number of rotatable bonds is 2. The Morgan fingerprint density at radius 2 is 2.08 bits per heavy atom. The summed E-state index contributed by atoms with van der Waals surface area (Å²) in [5, 5.41) is 4.00. The molecule has 0 saturated heterocycles. The maximum Gasteiger partial charge on any atom is 0.176 e. The van der Waals surface area contributed by atoms with Crippen LogP contribution >= 0.6 is 11.5 Å². The van der Waals surface area contributed by atoms with E-state index in [2.05, 4.69) is 9.59 Å². The molecule has 1 aromatic heterocycles. The van der Waals surface area contributed by atoms with Crippen LogP contribution in [-0.2, 0) is 5.41 Å². The molecule has 3 nitrogen and oxygen atoms in total. The average Bonchev–Trinajstić information content (AvgIpc) is 2.49. The van der Waals surface area contributed by atoms with Crippen LogP contribution in [0, 0.1) is 0 Å². The first kappa shape index (κ1) is 10.3. The molecule has 1 rings (SSSR count). The van der Waals surface area contributed by atoms with Gasteiger partial charge in [0.25, 0.3) is 0 Å². The number of carbonyl (C=O) groups is 1. The van der Waals surface area contributed by atoms with Crippen molar-refractivity contribution in [3.05, 3.63) is 10.6 Å². The van der Waals surface area contributed by atoms with E-state index < -0.39 is 0 Å². The molecule has 0 radical (unpaired) electrons. The Kier molecular flexibility index (Phi) is 2.81. The van der Waals surface area contributed by atoms with Crippen LogP contribution in [-0.4, -0.2) is 15.4 Å². The van der Waals surface area contributed by atoms with Crippen LogP contribution in [0.25, 0.3) is 0 Å². The van der Waals surface area contributed by atoms with Gasteiger partial charge in [0.15, 0.2) is 5.78 Å². The third kappa shape index (κ3) is 2.12. The first-order valence-corrected chi connectivity index (χ1v) is 5.10. The second kappa shape index (κ2) is 3.54. The van der Waals surface area contributed by atoms with Gasteiger partial charge in [0, 0.05) is 11.8 Å². The molecule has 0 unspecified atom stereocenters. The Morgan fingerprint density at radius 3 is 2.54 bits per heavy atom. The molecule has 0 aliphatic heterocycles. The number of ketones is 1. The molecule has 0 saturated carbocycles. The quantitative estimate of drug-likeness (QED) is 0.685. The van der Waals surface area contributed by atoms with Crippen molar-refractivity contribution in [2.75, 3.05) is 0 Å². The fourth-order valence-electron chi connectivity index (χ4n) is 1.02. The first-order chi connectivity index (χ1) is 5.96. The number of nitrogens with zero attached hydrogens (tertiary/aromatic N) is 2. The summed E-state index contributed by atoms with van der Waals surface area (Å²) in [4.78, 5) is 12.2. The number of aromatic nitrogens is 2. The number of hydrogen-bond acceptors (Lipinski definition) is 4. The second-order valence-corrected chi connectivity index (χ2v) is 4.73. The smallest absolute Gasteiger partial charge is 0.176 e. The van der Waals surface area contributed by atoms with Gasteiger partial charge in [-0.2, -0.15) is 0 Å². The van der Waals surface area contributed by atoms with E-state index in [9.17, 15) is 4.79 Å². The van der Waals surface area contributed by atoms with Crippen LogP contribution in [0.15, 0.2) is 0 Å². The maximum atomic E-state index is 11.5. The molecule has 0 fully saturated rings. The van der Waals surface area contributed by atoms with Gasteiger partial charge in [-0.05, 0) is 11.5 Å². The molecule has 72 valence electrons. The summed E-state index contributed by atoms with van der Waals surface area (Å²) in [6, 6.07) is 0. The van der Waals surface area contributed by atoms with Crippen molar-refractivity contribution < 1.29 is 4.79 Å². The Bertz CT molecular complexity index is 312. The normalized spacial score (nSPS) is 11.7. The van der Waals surface area contributed by atoms with Crippen LogP contribution in [0.4, 0.5) is 0 Å². The highest BCUT2D eigenvalue weighted by atomic mass is 32.1. The molecule has 0 amide bonds. The lowest BCUT2D eigenvalue weighted by molar-refractivity contribution is 0.0989. The van der Waals surface area contributed by atoms with Gasteiger partial charge in [-0.3, -0.25) is 4.79 Å². The van der Waals surface area contributed by atoms with Crippen molar-refractivity contribution >= 4 is 17.3 Å². The van der Waals surface area contributed by atoms with E-state index >= 15 is 0 Å². The maximum absolute atomic E-state index is 11.5. The lowest BCUT2D eigenvalue weighted by Gasteiger charge is -2.15. The summed E-state index contributed by atoms with van der Waals surface area (Å²) in [6.45, 7) is 7.97. The SMILES string of the molecule is CCC(=O)c1snnc1C(C)(C)C. The first-order valence-electron chi connectivity index (χ1n) is 4.33. The molecule has 1 heterocycles. The molecule has 0 bridgehead atoms. The molecule has 13 heavy (non-hydrogen) atoms. The largest absolute Gasteiger partial charge is 0.293 e. The minimum absolute atomic E-state index is 0.0901. The van der Waals surface area contributed by atoms with E-state index in [0.29, 0.717) is 6.42 Å². The molecule has 4 heteroatoms. The Labute approximate surface area is 82.3 Å². The van der Waals surface area contributed by atoms with Crippen molar-refractivity contribution in [3.63, 3.8) is 0 Å². The fraction of sp³-hybridized carbons (Fsp3) is 0.667. The van der Waals surface area contributed by atoms with Gasteiger partial charge < -0.3 is 0 Å². The Morgan fingerprint density at radius 1 is 1.46 bits per heavy atom. The van der Waals surface area contributed by atoms with Crippen LogP contribution in [0.5, 0.6) is 0 Å². The highest BCUT2D eigenvalue weighted by Crippen LogP contribution is 2.26. The minimum Gasteiger partial charge on any atom is -0.293 e. The van der Waals surface area contributed by atoms with E-state index in [4.69, 9.17) is 0 Å². The summed E-state index contributed by atoms with van der Waals surface area (Å²) in [6.07, 6.45) is 0.521. The minimum atomic E-state index is -0.0901. The average molecular weight is 198 g/mol. The Balaban J connectivity index is 3.10. The standard InChI is InChI=1S/C9H14N2OS/c1-5-6(12)7-8(9(2,3)4)10-11-13-7/h5H2,1-4H3. The van der Waals surface area contributed by atoms with Crippen molar-refractivity contribution in [2.45, 2.75) is 39.5 Å². The molecule has 0 N–H and O–H groups in total. The van der Waals surface area contributed by atoms with Crippen molar-refractivity contribution in [3.8, 4) is 0 Å². The van der Waals surface area contributed by atoms with Crippen LogP contribution in [0.2, 0.25) is 0 Å². The summed E-state index contributed by atoms with van der Waals surface area (Å²) >= 11 is 1.20. The zero-order valence-electron chi connectivity index (χ0n) is 8.42. The van der Waals surface area contributed by atoms with E-state index in [-0.39, 0.29) is 11.2 Å². The molecule has 0 aromatic carbocycles. The number of Topliss-reactive ketones (excluding diaryl/α,β-unsaturated/α-hetero) is 1. The van der Waals surface area contributed by atoms with E-state index in [1.165, 1.54) is 11.5 Å². The zero-order valence-corrected chi connectivity index (χ0v) is 9.23. The van der Waals surface area contributed by atoms with Gasteiger partial charge in [-0.25, -0.2) is 0 Å². The van der Waals surface area contributed by atoms with Crippen molar-refractivity contribution in [1.29, 1.82) is 0 Å². The number of carbonyl (C=O) groups excluding carboxylic acids is 1. The van der Waals surface area contributed by atoms with Gasteiger partial charge in [0.05, 0.1) is 5.69 Å². The molecule has 0 aliphatic carbocycles. The van der Waals surface area contributed by atoms with Crippen LogP contribution < -0.4 is 0 Å². The summed E-state index contributed by atoms with van der Waals surface area (Å²) in [5.74, 6) is 0.139. The fourth-order valence-corrected chi connectivity index (χ4v) is 1.91. The molecule has 0 atom stereocenters. The van der Waals surface area contributed by atoms with E-state index in [1.807, 2.05) is 27.7 Å². The predicted octanol–water partition coefficient (Wildman–Crippen LogP) is 2.43. The second-order valence-electron chi connectivity index (χ2n) is 3.98. The van der Waals surface area contributed by atoms with Crippen molar-refractivity contribution in [2.24, 2.45) is 0 Å². The predicted molar refractivity (Wildman–Crippen MR) is 53.2 cm³/mol. The highest BCUT2D eigenvalue weighted by Gasteiger charge is 2.25. The van der Waals surface area contributed by atoms with Gasteiger partial charge >= 0.3 is 0 Å². The van der Waals surface area contributed by atoms with Crippen LogP contribution in [0.3, 0.4) is 0 Å². The monoisotopic (exact) mass is 198 g/mol. The topological polar surface area (TPSA) is 42.9 Å². The third-order valence-corrected chi connectivity index (χ3v) is 2.54. The summed E-state index contributed by atoms with van der Waals surface area (Å²) < 4.78 is 3.83. The van der Waals surface area contributed by atoms with E-state index in [1.54, 1.807) is 0 Å². The van der Waals surface area contributed by atoms with Crippen LogP contribution in [0.1, 0.15) is 49.5 Å². The zero-order chi connectivity index (χ0) is 10.1. The van der Waals surface area contributed by atoms with Gasteiger partial charge in [0.1, 0.15) is 4.88 Å². The third-order valence-electron chi connectivity index (χ3n) is 1.77. The van der Waals surface area contributed by atoms with Gasteiger partial charge in [-0.15, -0.1) is 5.10 Å². The van der Waals surface area contributed by atoms with Gasteiger partial charge in [-0.1, -0.05) is 32.2 Å². The summed E-state index contributed by atoms with van der Waals surface area (Å²) in [5.41, 5.74) is 0.733. The molecular formula is C9H14N2OS. The lowest BCUT2D eigenvalue weighted by Crippen LogP contribution is -2.16. The molecule has 0 spiro atoms. The van der Waals surface area contributed by atoms with Gasteiger partial charge in [0.2, 0.25) is 0 Å². The highest BCUT2D eigenvalue weighted by molar-refractivity contribution is 7.08. The summed E-state index contributed by atoms with van der Waals surface area (Å²) in [7, 11) is 0. The number of hydrogen-bond donors (Lipinski definition) is 0. The molecular weight excluding hydrogens is 184 g/mol.